The summed E-state index contributed by atoms with van der Waals surface area (Å²) in [5.74, 6) is -0.0160. The smallest absolute Gasteiger partial charge is 0.254 e. The number of carbonyl (C=O) groups excluding carboxylic acids is 1. The third-order valence-electron chi connectivity index (χ3n) is 4.02. The van der Waals surface area contributed by atoms with Crippen LogP contribution in [0.5, 0.6) is 0 Å². The number of aliphatic hydroxyl groups is 1. The first-order valence-corrected chi connectivity index (χ1v) is 6.93. The number of hydrogen-bond donors (Lipinski definition) is 2. The second-order valence-corrected chi connectivity index (χ2v) is 5.98. The van der Waals surface area contributed by atoms with E-state index in [4.69, 9.17) is 0 Å². The van der Waals surface area contributed by atoms with Crippen LogP contribution in [0.25, 0.3) is 10.9 Å². The summed E-state index contributed by atoms with van der Waals surface area (Å²) in [6.45, 7) is 4.24. The van der Waals surface area contributed by atoms with E-state index in [0.717, 1.165) is 23.7 Å². The van der Waals surface area contributed by atoms with Gasteiger partial charge in [-0.1, -0.05) is 0 Å². The topological polar surface area (TPSA) is 69.2 Å². The minimum atomic E-state index is -0.869. The van der Waals surface area contributed by atoms with Crippen LogP contribution in [-0.4, -0.2) is 44.3 Å². The monoisotopic (exact) mass is 273 g/mol. The van der Waals surface area contributed by atoms with Gasteiger partial charge in [0.15, 0.2) is 0 Å². The number of hydrogen-bond acceptors (Lipinski definition) is 3. The molecule has 2 aromatic rings. The van der Waals surface area contributed by atoms with E-state index in [9.17, 15) is 9.90 Å². The Morgan fingerprint density at radius 2 is 2.30 bits per heavy atom. The van der Waals surface area contributed by atoms with Crippen molar-refractivity contribution in [3.63, 3.8) is 0 Å². The van der Waals surface area contributed by atoms with Gasteiger partial charge in [-0.05, 0) is 44.9 Å². The van der Waals surface area contributed by atoms with Gasteiger partial charge in [-0.15, -0.1) is 0 Å². The van der Waals surface area contributed by atoms with E-state index >= 15 is 0 Å². The molecule has 2 N–H and O–H groups in total. The van der Waals surface area contributed by atoms with Gasteiger partial charge >= 0.3 is 0 Å². The van der Waals surface area contributed by atoms with Crippen LogP contribution >= 0.6 is 0 Å². The highest BCUT2D eigenvalue weighted by atomic mass is 16.3. The molecule has 1 fully saturated rings. The zero-order valence-corrected chi connectivity index (χ0v) is 11.8. The van der Waals surface area contributed by atoms with Crippen molar-refractivity contribution in [1.29, 1.82) is 0 Å². The highest BCUT2D eigenvalue weighted by Gasteiger charge is 2.38. The number of amides is 1. The van der Waals surface area contributed by atoms with Gasteiger partial charge in [-0.2, -0.15) is 5.10 Å². The SMILES string of the molecule is CC(C)(O)[C@@H]1CCCN1C(=O)c1ccc2[nH]ncc2c1. The Labute approximate surface area is 117 Å². The van der Waals surface area contributed by atoms with E-state index in [1.807, 2.05) is 18.2 Å². The number of fused-ring (bicyclic) bond motifs is 1. The van der Waals surface area contributed by atoms with E-state index in [2.05, 4.69) is 10.2 Å². The van der Waals surface area contributed by atoms with Crippen molar-refractivity contribution in [3.8, 4) is 0 Å². The van der Waals surface area contributed by atoms with Crippen LogP contribution in [0, 0.1) is 0 Å². The van der Waals surface area contributed by atoms with Crippen molar-refractivity contribution in [2.45, 2.75) is 38.3 Å². The largest absolute Gasteiger partial charge is 0.388 e. The molecule has 1 atom stereocenters. The fourth-order valence-corrected chi connectivity index (χ4v) is 2.99. The molecule has 0 unspecified atom stereocenters. The first kappa shape index (κ1) is 13.1. The van der Waals surface area contributed by atoms with Crippen LogP contribution in [0.2, 0.25) is 0 Å². The summed E-state index contributed by atoms with van der Waals surface area (Å²) in [5, 5.41) is 18.0. The van der Waals surface area contributed by atoms with Crippen LogP contribution in [0.4, 0.5) is 0 Å². The van der Waals surface area contributed by atoms with Crippen molar-refractivity contribution >= 4 is 16.8 Å². The molecule has 1 amide bonds. The zero-order valence-electron chi connectivity index (χ0n) is 11.8. The summed E-state index contributed by atoms with van der Waals surface area (Å²) in [7, 11) is 0. The van der Waals surface area contributed by atoms with E-state index in [-0.39, 0.29) is 11.9 Å². The van der Waals surface area contributed by atoms with Crippen LogP contribution < -0.4 is 0 Å². The predicted molar refractivity (Wildman–Crippen MR) is 76.5 cm³/mol. The minimum Gasteiger partial charge on any atom is -0.388 e. The lowest BCUT2D eigenvalue weighted by Gasteiger charge is -2.33. The molecule has 1 aliphatic heterocycles. The Kier molecular flexibility index (Phi) is 3.01. The number of H-pyrrole nitrogens is 1. The Hall–Kier alpha value is -1.88. The normalized spacial score (nSPS) is 19.8. The Morgan fingerprint density at radius 1 is 1.50 bits per heavy atom. The molecule has 106 valence electrons. The summed E-state index contributed by atoms with van der Waals surface area (Å²) >= 11 is 0. The Morgan fingerprint density at radius 3 is 3.05 bits per heavy atom. The number of aromatic amines is 1. The van der Waals surface area contributed by atoms with Crippen LogP contribution in [-0.2, 0) is 0 Å². The van der Waals surface area contributed by atoms with Crippen molar-refractivity contribution < 1.29 is 9.90 Å². The molecule has 1 aromatic carbocycles. The Balaban J connectivity index is 1.91. The number of benzene rings is 1. The van der Waals surface area contributed by atoms with Crippen molar-refractivity contribution in [2.75, 3.05) is 6.54 Å². The third-order valence-corrected chi connectivity index (χ3v) is 4.02. The average molecular weight is 273 g/mol. The van der Waals surface area contributed by atoms with Gasteiger partial charge in [0, 0.05) is 17.5 Å². The van der Waals surface area contributed by atoms with Gasteiger partial charge in [0.25, 0.3) is 5.91 Å². The van der Waals surface area contributed by atoms with E-state index in [1.54, 1.807) is 24.9 Å². The fourth-order valence-electron chi connectivity index (χ4n) is 2.99. The van der Waals surface area contributed by atoms with Gasteiger partial charge in [-0.3, -0.25) is 9.89 Å². The summed E-state index contributed by atoms with van der Waals surface area (Å²) in [6, 6.07) is 5.41. The first-order valence-electron chi connectivity index (χ1n) is 6.93. The maximum absolute atomic E-state index is 12.7. The quantitative estimate of drug-likeness (QED) is 0.878. The number of rotatable bonds is 2. The van der Waals surface area contributed by atoms with Crippen molar-refractivity contribution in [3.05, 3.63) is 30.0 Å². The molecule has 5 nitrogen and oxygen atoms in total. The molecule has 2 heterocycles. The summed E-state index contributed by atoms with van der Waals surface area (Å²) in [6.07, 6.45) is 3.50. The van der Waals surface area contributed by atoms with Gasteiger partial charge in [-0.25, -0.2) is 0 Å². The molecule has 0 spiro atoms. The average Bonchev–Trinajstić information content (AvgIpc) is 3.05. The maximum atomic E-state index is 12.7. The van der Waals surface area contributed by atoms with Crippen LogP contribution in [0.3, 0.4) is 0 Å². The first-order chi connectivity index (χ1) is 9.47. The number of nitrogens with zero attached hydrogens (tertiary/aromatic N) is 2. The summed E-state index contributed by atoms with van der Waals surface area (Å²) in [4.78, 5) is 14.4. The lowest BCUT2D eigenvalue weighted by Crippen LogP contribution is -2.48. The number of likely N-dealkylation sites (tertiary alicyclic amines) is 1. The second-order valence-electron chi connectivity index (χ2n) is 5.98. The van der Waals surface area contributed by atoms with Gasteiger partial charge in [0.1, 0.15) is 0 Å². The molecule has 1 saturated heterocycles. The second kappa shape index (κ2) is 4.59. The van der Waals surface area contributed by atoms with Crippen molar-refractivity contribution in [2.24, 2.45) is 0 Å². The van der Waals surface area contributed by atoms with Crippen LogP contribution in [0.1, 0.15) is 37.0 Å². The molecule has 3 rings (SSSR count). The molecule has 5 heteroatoms. The molecular formula is C15H19N3O2. The molecule has 1 aromatic heterocycles. The standard InChI is InChI=1S/C15H19N3O2/c1-15(2,20)13-4-3-7-18(13)14(19)10-5-6-12-11(8-10)9-16-17-12/h5-6,8-9,13,20H,3-4,7H2,1-2H3,(H,16,17)/t13-/m0/s1. The van der Waals surface area contributed by atoms with Gasteiger partial charge in [0.05, 0.1) is 23.4 Å². The van der Waals surface area contributed by atoms with Gasteiger partial charge in [0.2, 0.25) is 0 Å². The Bertz CT molecular complexity index is 642. The third kappa shape index (κ3) is 2.18. The number of nitrogens with one attached hydrogen (secondary N) is 1. The van der Waals surface area contributed by atoms with E-state index in [1.165, 1.54) is 0 Å². The molecule has 0 aliphatic carbocycles. The molecule has 0 saturated carbocycles. The molecular weight excluding hydrogens is 254 g/mol. The molecule has 0 radical (unpaired) electrons. The highest BCUT2D eigenvalue weighted by Crippen LogP contribution is 2.28. The number of aromatic nitrogens is 2. The summed E-state index contributed by atoms with van der Waals surface area (Å²) in [5.41, 5.74) is 0.698. The van der Waals surface area contributed by atoms with E-state index in [0.29, 0.717) is 12.1 Å². The lowest BCUT2D eigenvalue weighted by molar-refractivity contribution is 0.000343. The molecule has 0 bridgehead atoms. The highest BCUT2D eigenvalue weighted by molar-refractivity contribution is 5.98. The fraction of sp³-hybridized carbons (Fsp3) is 0.467. The zero-order chi connectivity index (χ0) is 14.3. The van der Waals surface area contributed by atoms with Crippen LogP contribution in [0.15, 0.2) is 24.4 Å². The van der Waals surface area contributed by atoms with Crippen molar-refractivity contribution in [1.82, 2.24) is 15.1 Å². The number of carbonyl (C=O) groups is 1. The molecule has 20 heavy (non-hydrogen) atoms. The minimum absolute atomic E-state index is 0.0160. The predicted octanol–water partition coefficient (Wildman–Crippen LogP) is 1.94. The lowest BCUT2D eigenvalue weighted by atomic mass is 9.96. The van der Waals surface area contributed by atoms with Gasteiger partial charge < -0.3 is 10.0 Å². The molecule has 1 aliphatic rings. The van der Waals surface area contributed by atoms with E-state index < -0.39 is 5.60 Å². The summed E-state index contributed by atoms with van der Waals surface area (Å²) < 4.78 is 0. The maximum Gasteiger partial charge on any atom is 0.254 e.